The third-order valence-corrected chi connectivity index (χ3v) is 7.08. The van der Waals surface area contributed by atoms with Gasteiger partial charge in [0.15, 0.2) is 0 Å². The van der Waals surface area contributed by atoms with E-state index in [1.54, 1.807) is 24.3 Å². The van der Waals surface area contributed by atoms with Gasteiger partial charge in [-0.25, -0.2) is 9.18 Å². The van der Waals surface area contributed by atoms with Crippen molar-refractivity contribution in [2.24, 2.45) is 0 Å². The zero-order chi connectivity index (χ0) is 24.5. The number of benzene rings is 3. The molecule has 0 bridgehead atoms. The highest BCUT2D eigenvalue weighted by atomic mass is 19.1. The minimum Gasteiger partial charge on any atom is -0.465 e. The van der Waals surface area contributed by atoms with Crippen LogP contribution in [0.25, 0.3) is 11.1 Å². The van der Waals surface area contributed by atoms with Crippen molar-refractivity contribution in [1.82, 2.24) is 9.80 Å². The summed E-state index contributed by atoms with van der Waals surface area (Å²) in [6, 6.07) is 21.3. The number of piperazine rings is 1. The Morgan fingerprint density at radius 3 is 2.43 bits per heavy atom. The van der Waals surface area contributed by atoms with E-state index in [1.807, 2.05) is 47.4 Å². The molecule has 2 saturated heterocycles. The summed E-state index contributed by atoms with van der Waals surface area (Å²) in [5, 5.41) is 10.0. The predicted molar refractivity (Wildman–Crippen MR) is 129 cm³/mol. The molecule has 180 valence electrons. The molecule has 0 spiro atoms. The molecule has 0 aromatic heterocycles. The van der Waals surface area contributed by atoms with Crippen LogP contribution in [0.4, 0.5) is 4.39 Å². The number of aliphatic hydroxyl groups is 1. The summed E-state index contributed by atoms with van der Waals surface area (Å²) in [7, 11) is 1.35. The number of hydrogen-bond acceptors (Lipinski definition) is 5. The Bertz CT molecular complexity index is 1230. The van der Waals surface area contributed by atoms with Crippen LogP contribution in [-0.2, 0) is 16.1 Å². The summed E-state index contributed by atoms with van der Waals surface area (Å²) in [6.07, 6.45) is 0. The number of rotatable bonds is 6. The molecule has 2 aliphatic rings. The summed E-state index contributed by atoms with van der Waals surface area (Å²) in [4.78, 5) is 28.5. The zero-order valence-electron chi connectivity index (χ0n) is 19.4. The van der Waals surface area contributed by atoms with Crippen LogP contribution in [0.3, 0.4) is 0 Å². The molecule has 1 amide bonds. The van der Waals surface area contributed by atoms with E-state index in [4.69, 9.17) is 4.74 Å². The monoisotopic (exact) mass is 474 g/mol. The number of amides is 1. The minimum absolute atomic E-state index is 0.00289. The smallest absolute Gasteiger partial charge is 0.337 e. The third kappa shape index (κ3) is 4.33. The molecular formula is C28H27FN2O4. The number of nitrogens with zero attached hydrogens (tertiary/aromatic N) is 2. The van der Waals surface area contributed by atoms with Crippen molar-refractivity contribution in [3.05, 3.63) is 95.3 Å². The van der Waals surface area contributed by atoms with Crippen LogP contribution in [0.2, 0.25) is 0 Å². The summed E-state index contributed by atoms with van der Waals surface area (Å²) < 4.78 is 18.9. The van der Waals surface area contributed by atoms with E-state index in [0.717, 1.165) is 16.7 Å². The van der Waals surface area contributed by atoms with Crippen molar-refractivity contribution in [2.75, 3.05) is 26.8 Å². The normalized spacial score (nSPS) is 21.9. The highest BCUT2D eigenvalue weighted by Crippen LogP contribution is 2.43. The van der Waals surface area contributed by atoms with Crippen molar-refractivity contribution in [3.63, 3.8) is 0 Å². The average Bonchev–Trinajstić information content (AvgIpc) is 2.86. The minimum atomic E-state index is -0.381. The first kappa shape index (κ1) is 23.2. The summed E-state index contributed by atoms with van der Waals surface area (Å²) in [6.45, 7) is 1.45. The van der Waals surface area contributed by atoms with Crippen LogP contribution < -0.4 is 0 Å². The summed E-state index contributed by atoms with van der Waals surface area (Å²) in [5.74, 6) is -0.640. The lowest BCUT2D eigenvalue weighted by molar-refractivity contribution is -0.162. The van der Waals surface area contributed by atoms with Gasteiger partial charge in [0, 0.05) is 24.6 Å². The number of aliphatic hydroxyl groups excluding tert-OH is 1. The molecule has 1 N–H and O–H groups in total. The number of carbonyl (C=O) groups excluding carboxylic acids is 2. The SMILES string of the molecule is COC(=O)c1ccc(CN2CC(=O)N3[C@H](CO)[C@H](c4ccc(-c5ccccc5F)cc4)[C@@H]3C2)cc1. The van der Waals surface area contributed by atoms with Crippen LogP contribution in [0.15, 0.2) is 72.8 Å². The third-order valence-electron chi connectivity index (χ3n) is 7.08. The van der Waals surface area contributed by atoms with Gasteiger partial charge in [0.1, 0.15) is 5.82 Å². The molecule has 2 fully saturated rings. The van der Waals surface area contributed by atoms with Crippen LogP contribution in [0, 0.1) is 5.82 Å². The second kappa shape index (κ2) is 9.60. The summed E-state index contributed by atoms with van der Waals surface area (Å²) >= 11 is 0. The van der Waals surface area contributed by atoms with Crippen LogP contribution in [0.1, 0.15) is 27.4 Å². The van der Waals surface area contributed by atoms with Gasteiger partial charge in [-0.15, -0.1) is 0 Å². The molecule has 0 aliphatic carbocycles. The second-order valence-electron chi connectivity index (χ2n) is 9.10. The molecule has 35 heavy (non-hydrogen) atoms. The van der Waals surface area contributed by atoms with E-state index in [0.29, 0.717) is 24.2 Å². The molecule has 3 aromatic carbocycles. The van der Waals surface area contributed by atoms with Gasteiger partial charge in [0.05, 0.1) is 37.9 Å². The van der Waals surface area contributed by atoms with Crippen molar-refractivity contribution in [1.29, 1.82) is 0 Å². The molecule has 2 aliphatic heterocycles. The predicted octanol–water partition coefficient (Wildman–Crippen LogP) is 3.45. The van der Waals surface area contributed by atoms with Crippen molar-refractivity contribution < 1.29 is 23.8 Å². The molecule has 5 rings (SSSR count). The van der Waals surface area contributed by atoms with E-state index >= 15 is 0 Å². The molecule has 3 atom stereocenters. The van der Waals surface area contributed by atoms with Gasteiger partial charge in [0.2, 0.25) is 5.91 Å². The lowest BCUT2D eigenvalue weighted by Gasteiger charge is -2.59. The molecule has 7 heteroatoms. The lowest BCUT2D eigenvalue weighted by atomic mass is 9.73. The number of esters is 1. The highest BCUT2D eigenvalue weighted by molar-refractivity contribution is 5.89. The average molecular weight is 475 g/mol. The fourth-order valence-corrected chi connectivity index (χ4v) is 5.39. The van der Waals surface area contributed by atoms with Crippen molar-refractivity contribution in [2.45, 2.75) is 24.5 Å². The van der Waals surface area contributed by atoms with Gasteiger partial charge in [-0.05, 0) is 34.9 Å². The van der Waals surface area contributed by atoms with Crippen LogP contribution in [-0.4, -0.2) is 65.7 Å². The summed E-state index contributed by atoms with van der Waals surface area (Å²) in [5.41, 5.74) is 3.86. The van der Waals surface area contributed by atoms with Gasteiger partial charge >= 0.3 is 5.97 Å². The quantitative estimate of drug-likeness (QED) is 0.555. The maximum absolute atomic E-state index is 14.2. The maximum Gasteiger partial charge on any atom is 0.337 e. The van der Waals surface area contributed by atoms with Gasteiger partial charge in [-0.1, -0.05) is 54.6 Å². The number of fused-ring (bicyclic) bond motifs is 1. The van der Waals surface area contributed by atoms with Crippen LogP contribution in [0.5, 0.6) is 0 Å². The van der Waals surface area contributed by atoms with E-state index in [2.05, 4.69) is 4.90 Å². The largest absolute Gasteiger partial charge is 0.465 e. The van der Waals surface area contributed by atoms with Gasteiger partial charge < -0.3 is 14.7 Å². The van der Waals surface area contributed by atoms with Crippen LogP contribution >= 0.6 is 0 Å². The fourth-order valence-electron chi connectivity index (χ4n) is 5.39. The maximum atomic E-state index is 14.2. The Labute approximate surface area is 203 Å². The Hall–Kier alpha value is -3.55. The Kier molecular flexibility index (Phi) is 6.36. The van der Waals surface area contributed by atoms with E-state index in [-0.39, 0.29) is 48.8 Å². The topological polar surface area (TPSA) is 70.1 Å². The first-order chi connectivity index (χ1) is 17.0. The Morgan fingerprint density at radius 2 is 1.77 bits per heavy atom. The number of hydrogen-bond donors (Lipinski definition) is 1. The first-order valence-electron chi connectivity index (χ1n) is 11.7. The molecule has 0 radical (unpaired) electrons. The zero-order valence-corrected chi connectivity index (χ0v) is 19.4. The number of ether oxygens (including phenoxy) is 1. The number of methoxy groups -OCH3 is 1. The standard InChI is InChI=1S/C28H27FN2O4/c1-35-28(34)21-8-6-18(7-9-21)14-30-15-24-27(25(17-32)31(24)26(33)16-30)20-12-10-19(11-13-20)22-4-2-3-5-23(22)29/h2-13,24-25,27,32H,14-17H2,1H3/t24-,25+,27+/m0/s1. The van der Waals surface area contributed by atoms with Crippen molar-refractivity contribution >= 4 is 11.9 Å². The Balaban J connectivity index is 1.32. The molecule has 0 unspecified atom stereocenters. The molecular weight excluding hydrogens is 447 g/mol. The number of halogens is 1. The van der Waals surface area contributed by atoms with E-state index in [1.165, 1.54) is 13.2 Å². The van der Waals surface area contributed by atoms with Gasteiger partial charge in [-0.2, -0.15) is 0 Å². The fraction of sp³-hybridized carbons (Fsp3) is 0.286. The highest BCUT2D eigenvalue weighted by Gasteiger charge is 2.53. The van der Waals surface area contributed by atoms with Crippen molar-refractivity contribution in [3.8, 4) is 11.1 Å². The molecule has 0 saturated carbocycles. The molecule has 6 nitrogen and oxygen atoms in total. The van der Waals surface area contributed by atoms with E-state index in [9.17, 15) is 19.1 Å². The molecule has 3 aromatic rings. The lowest BCUT2D eigenvalue weighted by Crippen LogP contribution is -2.72. The van der Waals surface area contributed by atoms with Gasteiger partial charge in [-0.3, -0.25) is 9.69 Å². The number of carbonyl (C=O) groups is 2. The first-order valence-corrected chi connectivity index (χ1v) is 11.7. The second-order valence-corrected chi connectivity index (χ2v) is 9.10. The molecule has 2 heterocycles. The van der Waals surface area contributed by atoms with E-state index < -0.39 is 0 Å². The van der Waals surface area contributed by atoms with Gasteiger partial charge in [0.25, 0.3) is 0 Å². The Morgan fingerprint density at radius 1 is 1.06 bits per heavy atom.